The van der Waals surface area contributed by atoms with Gasteiger partial charge in [0.2, 0.25) is 0 Å². The van der Waals surface area contributed by atoms with Gasteiger partial charge in [-0.1, -0.05) is 26.7 Å². The molecule has 3 atom stereocenters. The molecule has 1 aliphatic heterocycles. The molecule has 0 amide bonds. The molecule has 2 aliphatic rings. The maximum absolute atomic E-state index is 3.71. The van der Waals surface area contributed by atoms with Crippen molar-refractivity contribution in [1.29, 1.82) is 0 Å². The Morgan fingerprint density at radius 1 is 1.33 bits per heavy atom. The molecule has 1 nitrogen and oxygen atoms in total. The Hall–Kier alpha value is -0.0400. The third-order valence-electron chi connectivity index (χ3n) is 3.86. The van der Waals surface area contributed by atoms with Crippen LogP contribution in [0.4, 0.5) is 0 Å². The molecular formula is C11H21N. The first-order chi connectivity index (χ1) is 5.71. The Balaban J connectivity index is 2.07. The zero-order valence-electron chi connectivity index (χ0n) is 8.40. The molecule has 12 heavy (non-hydrogen) atoms. The molecule has 2 fully saturated rings. The van der Waals surface area contributed by atoms with E-state index in [4.69, 9.17) is 0 Å². The lowest BCUT2D eigenvalue weighted by Crippen LogP contribution is -2.52. The summed E-state index contributed by atoms with van der Waals surface area (Å²) in [5.74, 6) is 0.893. The van der Waals surface area contributed by atoms with Crippen molar-refractivity contribution in [2.75, 3.05) is 6.54 Å². The van der Waals surface area contributed by atoms with Gasteiger partial charge in [-0.05, 0) is 37.1 Å². The molecule has 2 rings (SSSR count). The van der Waals surface area contributed by atoms with Crippen LogP contribution < -0.4 is 5.32 Å². The van der Waals surface area contributed by atoms with E-state index < -0.39 is 0 Å². The zero-order valence-corrected chi connectivity index (χ0v) is 8.40. The lowest BCUT2D eigenvalue weighted by Gasteiger charge is -2.47. The Morgan fingerprint density at radius 2 is 2.17 bits per heavy atom. The monoisotopic (exact) mass is 167 g/mol. The van der Waals surface area contributed by atoms with Gasteiger partial charge in [0, 0.05) is 6.04 Å². The third kappa shape index (κ3) is 1.39. The summed E-state index contributed by atoms with van der Waals surface area (Å²) in [4.78, 5) is 0. The van der Waals surface area contributed by atoms with Crippen LogP contribution in [0, 0.1) is 11.3 Å². The van der Waals surface area contributed by atoms with E-state index in [-0.39, 0.29) is 0 Å². The zero-order chi connectivity index (χ0) is 8.60. The number of fused-ring (bicyclic) bond motifs is 1. The molecule has 1 N–H and O–H groups in total. The van der Waals surface area contributed by atoms with E-state index in [2.05, 4.69) is 19.2 Å². The fraction of sp³-hybridized carbons (Fsp3) is 1.00. The second kappa shape index (κ2) is 3.02. The van der Waals surface area contributed by atoms with Crippen molar-refractivity contribution >= 4 is 0 Å². The van der Waals surface area contributed by atoms with E-state index >= 15 is 0 Å². The van der Waals surface area contributed by atoms with Crippen LogP contribution in [0.3, 0.4) is 0 Å². The van der Waals surface area contributed by atoms with Crippen LogP contribution in [0.2, 0.25) is 0 Å². The molecular weight excluding hydrogens is 146 g/mol. The second-order valence-corrected chi connectivity index (χ2v) is 5.17. The summed E-state index contributed by atoms with van der Waals surface area (Å²) >= 11 is 0. The smallest absolute Gasteiger partial charge is 0.0121 e. The molecule has 0 aromatic heterocycles. The van der Waals surface area contributed by atoms with Crippen molar-refractivity contribution in [3.05, 3.63) is 0 Å². The van der Waals surface area contributed by atoms with Gasteiger partial charge in [0.25, 0.3) is 0 Å². The molecule has 1 heteroatoms. The summed E-state index contributed by atoms with van der Waals surface area (Å²) in [7, 11) is 0. The van der Waals surface area contributed by atoms with Gasteiger partial charge in [-0.15, -0.1) is 0 Å². The SMILES string of the molecule is C[C@@H]1CN[C@H]2CCCC[C@]2(C)C1. The highest BCUT2D eigenvalue weighted by molar-refractivity contribution is 4.95. The second-order valence-electron chi connectivity index (χ2n) is 5.17. The molecule has 0 spiro atoms. The molecule has 1 heterocycles. The van der Waals surface area contributed by atoms with Crippen LogP contribution in [0.1, 0.15) is 46.0 Å². The van der Waals surface area contributed by atoms with E-state index in [0.717, 1.165) is 12.0 Å². The highest BCUT2D eigenvalue weighted by Gasteiger charge is 2.39. The Morgan fingerprint density at radius 3 is 3.00 bits per heavy atom. The maximum Gasteiger partial charge on any atom is 0.0121 e. The van der Waals surface area contributed by atoms with Gasteiger partial charge in [0.1, 0.15) is 0 Å². The van der Waals surface area contributed by atoms with E-state index in [9.17, 15) is 0 Å². The minimum absolute atomic E-state index is 0.635. The predicted molar refractivity (Wildman–Crippen MR) is 52.1 cm³/mol. The Kier molecular flexibility index (Phi) is 2.16. The summed E-state index contributed by atoms with van der Waals surface area (Å²) in [5.41, 5.74) is 0.635. The van der Waals surface area contributed by atoms with Crippen LogP contribution >= 0.6 is 0 Å². The molecule has 0 aromatic rings. The van der Waals surface area contributed by atoms with Crippen molar-refractivity contribution in [1.82, 2.24) is 5.32 Å². The lowest BCUT2D eigenvalue weighted by atomic mass is 9.65. The van der Waals surface area contributed by atoms with Crippen LogP contribution in [0.5, 0.6) is 0 Å². The first-order valence-electron chi connectivity index (χ1n) is 5.44. The average molecular weight is 167 g/mol. The highest BCUT2D eigenvalue weighted by atomic mass is 15.0. The fourth-order valence-electron chi connectivity index (χ4n) is 3.20. The van der Waals surface area contributed by atoms with E-state index in [1.807, 2.05) is 0 Å². The van der Waals surface area contributed by atoms with Crippen molar-refractivity contribution in [3.8, 4) is 0 Å². The Bertz CT molecular complexity index is 166. The van der Waals surface area contributed by atoms with E-state index in [1.54, 1.807) is 0 Å². The first kappa shape index (κ1) is 8.55. The molecule has 0 aromatic carbocycles. The van der Waals surface area contributed by atoms with Gasteiger partial charge in [-0.2, -0.15) is 0 Å². The van der Waals surface area contributed by atoms with Crippen LogP contribution in [0.15, 0.2) is 0 Å². The van der Waals surface area contributed by atoms with Gasteiger partial charge < -0.3 is 5.32 Å². The van der Waals surface area contributed by atoms with E-state index in [1.165, 1.54) is 38.6 Å². The summed E-state index contributed by atoms with van der Waals surface area (Å²) in [5, 5.41) is 3.71. The van der Waals surface area contributed by atoms with Crippen molar-refractivity contribution < 1.29 is 0 Å². The topological polar surface area (TPSA) is 12.0 Å². The fourth-order valence-corrected chi connectivity index (χ4v) is 3.20. The standard InChI is InChI=1S/C11H21N/c1-9-7-11(2)6-4-3-5-10(11)12-8-9/h9-10,12H,3-8H2,1-2H3/t9-,10-,11+/m0/s1. The van der Waals surface area contributed by atoms with Gasteiger partial charge >= 0.3 is 0 Å². The van der Waals surface area contributed by atoms with Crippen molar-refractivity contribution in [2.45, 2.75) is 52.0 Å². The first-order valence-corrected chi connectivity index (χ1v) is 5.44. The summed E-state index contributed by atoms with van der Waals surface area (Å²) in [6, 6.07) is 0.836. The van der Waals surface area contributed by atoms with Crippen LogP contribution in [0.25, 0.3) is 0 Å². The molecule has 1 saturated heterocycles. The van der Waals surface area contributed by atoms with E-state index in [0.29, 0.717) is 5.41 Å². The van der Waals surface area contributed by atoms with Gasteiger partial charge in [0.15, 0.2) is 0 Å². The minimum atomic E-state index is 0.635. The summed E-state index contributed by atoms with van der Waals surface area (Å²) in [6.07, 6.45) is 7.23. The van der Waals surface area contributed by atoms with Crippen LogP contribution in [-0.4, -0.2) is 12.6 Å². The van der Waals surface area contributed by atoms with Crippen molar-refractivity contribution in [3.63, 3.8) is 0 Å². The van der Waals surface area contributed by atoms with Crippen LogP contribution in [-0.2, 0) is 0 Å². The largest absolute Gasteiger partial charge is 0.313 e. The number of rotatable bonds is 0. The quantitative estimate of drug-likeness (QED) is 0.584. The molecule has 1 aliphatic carbocycles. The van der Waals surface area contributed by atoms with Crippen molar-refractivity contribution in [2.24, 2.45) is 11.3 Å². The predicted octanol–water partition coefficient (Wildman–Crippen LogP) is 2.56. The number of hydrogen-bond donors (Lipinski definition) is 1. The third-order valence-corrected chi connectivity index (χ3v) is 3.86. The van der Waals surface area contributed by atoms with Gasteiger partial charge in [0.05, 0.1) is 0 Å². The summed E-state index contributed by atoms with van der Waals surface area (Å²) < 4.78 is 0. The maximum atomic E-state index is 3.71. The lowest BCUT2D eigenvalue weighted by molar-refractivity contribution is 0.0753. The molecule has 0 unspecified atom stereocenters. The van der Waals surface area contributed by atoms with Gasteiger partial charge in [-0.25, -0.2) is 0 Å². The Labute approximate surface area is 75.9 Å². The van der Waals surface area contributed by atoms with Gasteiger partial charge in [-0.3, -0.25) is 0 Å². The minimum Gasteiger partial charge on any atom is -0.313 e. The number of nitrogens with one attached hydrogen (secondary N) is 1. The molecule has 0 bridgehead atoms. The number of hydrogen-bond acceptors (Lipinski definition) is 1. The highest BCUT2D eigenvalue weighted by Crippen LogP contribution is 2.43. The average Bonchev–Trinajstić information content (AvgIpc) is 2.02. The summed E-state index contributed by atoms with van der Waals surface area (Å²) in [6.45, 7) is 6.11. The molecule has 0 radical (unpaired) electrons. The normalized spacial score (nSPS) is 48.5. The molecule has 1 saturated carbocycles. The number of piperidine rings is 1. The molecule has 70 valence electrons.